The molecule has 0 saturated carbocycles. The number of nitrogens with one attached hydrogen (secondary N) is 2. The van der Waals surface area contributed by atoms with Gasteiger partial charge >= 0.3 is 0 Å². The lowest BCUT2D eigenvalue weighted by Gasteiger charge is -2.02. The fourth-order valence-electron chi connectivity index (χ4n) is 2.73. The summed E-state index contributed by atoms with van der Waals surface area (Å²) in [6, 6.07) is 19.2. The number of rotatable bonds is 3. The molecule has 2 N–H and O–H groups in total. The van der Waals surface area contributed by atoms with Crippen molar-refractivity contribution in [2.45, 2.75) is 0 Å². The van der Waals surface area contributed by atoms with E-state index >= 15 is 0 Å². The molecule has 122 valence electrons. The number of halogens is 1. The molecule has 0 fully saturated rings. The number of hydrogen-bond donors (Lipinski definition) is 2. The van der Waals surface area contributed by atoms with Crippen molar-refractivity contribution in [3.8, 4) is 33.9 Å². The van der Waals surface area contributed by atoms with Crippen molar-refractivity contribution < 1.29 is 4.39 Å². The molecule has 0 atom stereocenters. The first kappa shape index (κ1) is 15.1. The van der Waals surface area contributed by atoms with Gasteiger partial charge in [0.2, 0.25) is 5.56 Å². The molecule has 0 aliphatic heterocycles. The quantitative estimate of drug-likeness (QED) is 0.590. The SMILES string of the molecule is O=c1cc(-c2nc(-c3ccccc3)[nH]c2-c2ccc(F)cc2)cc[nH]1. The van der Waals surface area contributed by atoms with Gasteiger partial charge in [-0.05, 0) is 30.3 Å². The Labute approximate surface area is 143 Å². The highest BCUT2D eigenvalue weighted by Crippen LogP contribution is 2.32. The average Bonchev–Trinajstić information content (AvgIpc) is 3.08. The third-order valence-corrected chi connectivity index (χ3v) is 3.93. The van der Waals surface area contributed by atoms with Crippen LogP contribution in [0.5, 0.6) is 0 Å². The highest BCUT2D eigenvalue weighted by Gasteiger charge is 2.15. The molecule has 4 nitrogen and oxygen atoms in total. The number of hydrogen-bond acceptors (Lipinski definition) is 2. The van der Waals surface area contributed by atoms with Crippen LogP contribution in [-0.4, -0.2) is 15.0 Å². The summed E-state index contributed by atoms with van der Waals surface area (Å²) in [5, 5.41) is 0. The minimum absolute atomic E-state index is 0.202. The number of H-pyrrole nitrogens is 2. The van der Waals surface area contributed by atoms with Gasteiger partial charge in [0.25, 0.3) is 0 Å². The maximum absolute atomic E-state index is 13.3. The summed E-state index contributed by atoms with van der Waals surface area (Å²) in [5.74, 6) is 0.388. The van der Waals surface area contributed by atoms with Crippen LogP contribution in [0.2, 0.25) is 0 Å². The monoisotopic (exact) mass is 331 g/mol. The maximum atomic E-state index is 13.3. The van der Waals surface area contributed by atoms with Crippen LogP contribution in [0.3, 0.4) is 0 Å². The molecular weight excluding hydrogens is 317 g/mol. The van der Waals surface area contributed by atoms with Crippen LogP contribution in [0.15, 0.2) is 77.7 Å². The fourth-order valence-corrected chi connectivity index (χ4v) is 2.73. The summed E-state index contributed by atoms with van der Waals surface area (Å²) >= 11 is 0. The van der Waals surface area contributed by atoms with E-state index in [1.807, 2.05) is 30.3 Å². The van der Waals surface area contributed by atoms with E-state index in [2.05, 4.69) is 15.0 Å². The van der Waals surface area contributed by atoms with Gasteiger partial charge in [0, 0.05) is 29.0 Å². The first-order valence-electron chi connectivity index (χ1n) is 7.81. The summed E-state index contributed by atoms with van der Waals surface area (Å²) in [6.07, 6.45) is 1.59. The van der Waals surface area contributed by atoms with E-state index in [1.54, 1.807) is 24.4 Å². The summed E-state index contributed by atoms with van der Waals surface area (Å²) < 4.78 is 13.3. The number of imidazole rings is 1. The first-order valence-corrected chi connectivity index (χ1v) is 7.81. The molecule has 2 aromatic heterocycles. The molecular formula is C20H14FN3O. The molecule has 0 amide bonds. The van der Waals surface area contributed by atoms with Gasteiger partial charge in [-0.15, -0.1) is 0 Å². The number of pyridine rings is 1. The van der Waals surface area contributed by atoms with Gasteiger partial charge in [-0.2, -0.15) is 0 Å². The van der Waals surface area contributed by atoms with E-state index in [4.69, 9.17) is 0 Å². The summed E-state index contributed by atoms with van der Waals surface area (Å²) in [7, 11) is 0. The molecule has 2 heterocycles. The predicted octanol–water partition coefficient (Wildman–Crippen LogP) is 4.24. The summed E-state index contributed by atoms with van der Waals surface area (Å²) in [5.41, 5.74) is 3.61. The Morgan fingerprint density at radius 2 is 1.60 bits per heavy atom. The second-order valence-electron chi connectivity index (χ2n) is 5.62. The summed E-state index contributed by atoms with van der Waals surface area (Å²) in [4.78, 5) is 22.3. The summed E-state index contributed by atoms with van der Waals surface area (Å²) in [6.45, 7) is 0. The van der Waals surface area contributed by atoms with Crippen LogP contribution in [0.25, 0.3) is 33.9 Å². The van der Waals surface area contributed by atoms with Gasteiger partial charge in [-0.1, -0.05) is 30.3 Å². The molecule has 0 aliphatic rings. The van der Waals surface area contributed by atoms with Gasteiger partial charge in [0.15, 0.2) is 0 Å². The Hall–Kier alpha value is -3.47. The van der Waals surface area contributed by atoms with Crippen molar-refractivity contribution in [1.29, 1.82) is 0 Å². The molecule has 0 saturated heterocycles. The molecule has 2 aromatic carbocycles. The number of nitrogens with zero attached hydrogens (tertiary/aromatic N) is 1. The largest absolute Gasteiger partial charge is 0.337 e. The van der Waals surface area contributed by atoms with E-state index in [9.17, 15) is 9.18 Å². The molecule has 5 heteroatoms. The maximum Gasteiger partial charge on any atom is 0.248 e. The zero-order valence-corrected chi connectivity index (χ0v) is 13.2. The number of benzene rings is 2. The van der Waals surface area contributed by atoms with Crippen molar-refractivity contribution in [2.75, 3.05) is 0 Å². The predicted molar refractivity (Wildman–Crippen MR) is 95.5 cm³/mol. The third-order valence-electron chi connectivity index (χ3n) is 3.93. The second kappa shape index (κ2) is 6.20. The second-order valence-corrected chi connectivity index (χ2v) is 5.62. The van der Waals surface area contributed by atoms with Crippen molar-refractivity contribution in [3.63, 3.8) is 0 Å². The topological polar surface area (TPSA) is 61.5 Å². The highest BCUT2D eigenvalue weighted by atomic mass is 19.1. The lowest BCUT2D eigenvalue weighted by molar-refractivity contribution is 0.628. The van der Waals surface area contributed by atoms with E-state index in [0.717, 1.165) is 16.8 Å². The molecule has 4 aromatic rings. The minimum atomic E-state index is -0.302. The van der Waals surface area contributed by atoms with Crippen molar-refractivity contribution in [3.05, 3.63) is 89.1 Å². The van der Waals surface area contributed by atoms with Gasteiger partial charge in [-0.3, -0.25) is 4.79 Å². The van der Waals surface area contributed by atoms with Gasteiger partial charge in [-0.25, -0.2) is 9.37 Å². The van der Waals surface area contributed by atoms with Crippen molar-refractivity contribution in [2.24, 2.45) is 0 Å². The van der Waals surface area contributed by atoms with Crippen molar-refractivity contribution in [1.82, 2.24) is 15.0 Å². The Kier molecular flexibility index (Phi) is 3.74. The van der Waals surface area contributed by atoms with E-state index in [1.165, 1.54) is 18.2 Å². The molecule has 0 radical (unpaired) electrons. The van der Waals surface area contributed by atoms with E-state index in [0.29, 0.717) is 17.1 Å². The molecule has 0 spiro atoms. The Bertz CT molecular complexity index is 1070. The Morgan fingerprint density at radius 1 is 0.840 bits per heavy atom. The van der Waals surface area contributed by atoms with Crippen LogP contribution in [0.4, 0.5) is 4.39 Å². The molecule has 0 bridgehead atoms. The van der Waals surface area contributed by atoms with Crippen molar-refractivity contribution >= 4 is 0 Å². The average molecular weight is 331 g/mol. The third kappa shape index (κ3) is 2.99. The van der Waals surface area contributed by atoms with Crippen LogP contribution in [0.1, 0.15) is 0 Å². The van der Waals surface area contributed by atoms with Crippen LogP contribution in [-0.2, 0) is 0 Å². The molecule has 0 aliphatic carbocycles. The zero-order chi connectivity index (χ0) is 17.2. The normalized spacial score (nSPS) is 10.8. The smallest absolute Gasteiger partial charge is 0.248 e. The van der Waals surface area contributed by atoms with E-state index in [-0.39, 0.29) is 11.4 Å². The van der Waals surface area contributed by atoms with Gasteiger partial charge in [0.05, 0.1) is 11.4 Å². The lowest BCUT2D eigenvalue weighted by atomic mass is 10.1. The van der Waals surface area contributed by atoms with E-state index < -0.39 is 0 Å². The van der Waals surface area contributed by atoms with Crippen LogP contribution >= 0.6 is 0 Å². The molecule has 0 unspecified atom stereocenters. The Morgan fingerprint density at radius 3 is 2.32 bits per heavy atom. The van der Waals surface area contributed by atoms with Crippen LogP contribution < -0.4 is 5.56 Å². The van der Waals surface area contributed by atoms with Crippen LogP contribution in [0, 0.1) is 5.82 Å². The molecule has 4 rings (SSSR count). The van der Waals surface area contributed by atoms with Gasteiger partial charge < -0.3 is 9.97 Å². The van der Waals surface area contributed by atoms with Gasteiger partial charge in [0.1, 0.15) is 11.6 Å². The minimum Gasteiger partial charge on any atom is -0.337 e. The number of aromatic nitrogens is 3. The fraction of sp³-hybridized carbons (Fsp3) is 0. The lowest BCUT2D eigenvalue weighted by Crippen LogP contribution is -2.02. The standard InChI is InChI=1S/C20H14FN3O/c21-16-8-6-13(7-9-16)18-19(15-10-11-22-17(25)12-15)24-20(23-18)14-4-2-1-3-5-14/h1-12H,(H,22,25)(H,23,24). The Balaban J connectivity index is 1.93. The first-order chi connectivity index (χ1) is 12.2. The zero-order valence-electron chi connectivity index (χ0n) is 13.2. The number of aromatic amines is 2. The molecule has 25 heavy (non-hydrogen) atoms. The highest BCUT2D eigenvalue weighted by molar-refractivity contribution is 5.81.